The van der Waals surface area contributed by atoms with Crippen molar-refractivity contribution in [2.24, 2.45) is 11.3 Å². The van der Waals surface area contributed by atoms with Gasteiger partial charge in [-0.05, 0) is 24.5 Å². The first-order valence-corrected chi connectivity index (χ1v) is 8.36. The zero-order chi connectivity index (χ0) is 16.9. The van der Waals surface area contributed by atoms with Gasteiger partial charge in [-0.2, -0.15) is 0 Å². The molecule has 0 saturated heterocycles. The summed E-state index contributed by atoms with van der Waals surface area (Å²) in [5.41, 5.74) is 0.532. The average Bonchev–Trinajstić information content (AvgIpc) is 2.42. The summed E-state index contributed by atoms with van der Waals surface area (Å²) in [6.07, 6.45) is 0. The van der Waals surface area contributed by atoms with Gasteiger partial charge in [-0.25, -0.2) is 4.79 Å². The molecule has 0 bridgehead atoms. The maximum atomic E-state index is 12.4. The number of carbonyl (C=O) groups excluding carboxylic acids is 1. The van der Waals surface area contributed by atoms with E-state index < -0.39 is 17.4 Å². The molecular formula is C17H25NO3S. The van der Waals surface area contributed by atoms with Gasteiger partial charge in [0.1, 0.15) is 6.04 Å². The van der Waals surface area contributed by atoms with Gasteiger partial charge in [-0.15, -0.1) is 11.8 Å². The van der Waals surface area contributed by atoms with Crippen molar-refractivity contribution in [2.75, 3.05) is 5.75 Å². The van der Waals surface area contributed by atoms with Gasteiger partial charge in [0.25, 0.3) is 0 Å². The largest absolute Gasteiger partial charge is 0.480 e. The molecule has 4 nitrogen and oxygen atoms in total. The summed E-state index contributed by atoms with van der Waals surface area (Å²) in [6, 6.07) is 7.17. The Morgan fingerprint density at radius 3 is 2.36 bits per heavy atom. The summed E-state index contributed by atoms with van der Waals surface area (Å²) < 4.78 is 0. The summed E-state index contributed by atoms with van der Waals surface area (Å²) in [6.45, 7) is 9.29. The van der Waals surface area contributed by atoms with Crippen molar-refractivity contribution in [3.8, 4) is 0 Å². The third-order valence-corrected chi connectivity index (χ3v) is 5.15. The molecular weight excluding hydrogens is 298 g/mol. The lowest BCUT2D eigenvalue weighted by atomic mass is 9.93. The van der Waals surface area contributed by atoms with Gasteiger partial charge in [0, 0.05) is 10.6 Å². The topological polar surface area (TPSA) is 66.4 Å². The van der Waals surface area contributed by atoms with Crippen LogP contribution in [-0.4, -0.2) is 28.8 Å². The van der Waals surface area contributed by atoms with E-state index >= 15 is 0 Å². The predicted octanol–water partition coefficient (Wildman–Crippen LogP) is 3.34. The molecule has 0 spiro atoms. The Balaban J connectivity index is 2.70. The van der Waals surface area contributed by atoms with Crippen molar-refractivity contribution >= 4 is 23.6 Å². The molecule has 1 amide bonds. The van der Waals surface area contributed by atoms with E-state index in [2.05, 4.69) is 5.32 Å². The van der Waals surface area contributed by atoms with E-state index in [1.165, 1.54) is 5.56 Å². The van der Waals surface area contributed by atoms with E-state index in [0.717, 1.165) is 4.90 Å². The summed E-state index contributed by atoms with van der Waals surface area (Å²) in [5, 5.41) is 11.8. The highest BCUT2D eigenvalue weighted by molar-refractivity contribution is 7.99. The molecule has 122 valence electrons. The summed E-state index contributed by atoms with van der Waals surface area (Å²) >= 11 is 1.62. The minimum absolute atomic E-state index is 0.152. The van der Waals surface area contributed by atoms with Gasteiger partial charge >= 0.3 is 5.97 Å². The molecule has 0 radical (unpaired) electrons. The van der Waals surface area contributed by atoms with Gasteiger partial charge in [-0.3, -0.25) is 4.79 Å². The molecule has 22 heavy (non-hydrogen) atoms. The second-order valence-electron chi connectivity index (χ2n) is 6.47. The molecule has 0 saturated carbocycles. The maximum absolute atomic E-state index is 12.4. The number of hydrogen-bond acceptors (Lipinski definition) is 3. The van der Waals surface area contributed by atoms with Crippen molar-refractivity contribution in [1.29, 1.82) is 0 Å². The molecule has 0 aromatic heterocycles. The number of rotatable bonds is 7. The van der Waals surface area contributed by atoms with Crippen molar-refractivity contribution in [3.05, 3.63) is 29.8 Å². The van der Waals surface area contributed by atoms with Crippen LogP contribution in [0.4, 0.5) is 0 Å². The Hall–Kier alpha value is -1.49. The average molecular weight is 323 g/mol. The van der Waals surface area contributed by atoms with Gasteiger partial charge < -0.3 is 10.4 Å². The number of benzene rings is 1. The molecule has 5 heteroatoms. The first-order valence-electron chi connectivity index (χ1n) is 7.37. The highest BCUT2D eigenvalue weighted by Gasteiger charge is 2.32. The van der Waals surface area contributed by atoms with E-state index in [0.29, 0.717) is 5.75 Å². The number of carboxylic acids is 1. The van der Waals surface area contributed by atoms with Crippen LogP contribution in [-0.2, 0) is 9.59 Å². The molecule has 0 heterocycles. The van der Waals surface area contributed by atoms with E-state index in [1.54, 1.807) is 25.6 Å². The molecule has 1 aromatic carbocycles. The normalized spacial score (nSPS) is 13.0. The number of carbonyl (C=O) groups is 2. The molecule has 1 unspecified atom stereocenters. The van der Waals surface area contributed by atoms with Crippen LogP contribution >= 0.6 is 11.8 Å². The van der Waals surface area contributed by atoms with E-state index in [1.807, 2.05) is 45.0 Å². The van der Waals surface area contributed by atoms with Crippen LogP contribution in [0.2, 0.25) is 0 Å². The molecule has 1 aromatic rings. The SMILES string of the molecule is Cc1ccccc1SCC(C)(C)C(=O)NC(C(=O)O)C(C)C. The predicted molar refractivity (Wildman–Crippen MR) is 90.1 cm³/mol. The molecule has 0 aliphatic heterocycles. The minimum Gasteiger partial charge on any atom is -0.480 e. The first kappa shape index (κ1) is 18.6. The number of carboxylic acid groups (broad SMARTS) is 1. The lowest BCUT2D eigenvalue weighted by molar-refractivity contribution is -0.144. The highest BCUT2D eigenvalue weighted by Crippen LogP contribution is 2.30. The Morgan fingerprint density at radius 2 is 1.86 bits per heavy atom. The number of nitrogens with one attached hydrogen (secondary N) is 1. The van der Waals surface area contributed by atoms with E-state index in [-0.39, 0.29) is 11.8 Å². The first-order chi connectivity index (χ1) is 10.1. The Labute approximate surface area is 136 Å². The maximum Gasteiger partial charge on any atom is 0.326 e. The quantitative estimate of drug-likeness (QED) is 0.755. The number of aryl methyl sites for hydroxylation is 1. The standard InChI is InChI=1S/C17H25NO3S/c1-11(2)14(15(19)20)18-16(21)17(4,5)10-22-13-9-7-6-8-12(13)3/h6-9,11,14H,10H2,1-5H3,(H,18,21)(H,19,20). The van der Waals surface area contributed by atoms with Gasteiger partial charge in [0.05, 0.1) is 5.41 Å². The smallest absolute Gasteiger partial charge is 0.326 e. The van der Waals surface area contributed by atoms with Crippen LogP contribution in [0.25, 0.3) is 0 Å². The molecule has 0 aliphatic carbocycles. The van der Waals surface area contributed by atoms with Crippen LogP contribution in [0, 0.1) is 18.3 Å². The Kier molecular flexibility index (Phi) is 6.48. The van der Waals surface area contributed by atoms with Crippen molar-refractivity contribution in [1.82, 2.24) is 5.32 Å². The lowest BCUT2D eigenvalue weighted by Gasteiger charge is -2.27. The van der Waals surface area contributed by atoms with E-state index in [9.17, 15) is 14.7 Å². The van der Waals surface area contributed by atoms with Crippen LogP contribution < -0.4 is 5.32 Å². The third-order valence-electron chi connectivity index (χ3n) is 3.52. The number of aliphatic carboxylic acids is 1. The third kappa shape index (κ3) is 5.05. The second-order valence-corrected chi connectivity index (χ2v) is 7.49. The fraction of sp³-hybridized carbons (Fsp3) is 0.529. The minimum atomic E-state index is -0.995. The molecule has 2 N–H and O–H groups in total. The second kappa shape index (κ2) is 7.68. The molecule has 0 fully saturated rings. The van der Waals surface area contributed by atoms with Crippen molar-refractivity contribution in [2.45, 2.75) is 45.6 Å². The fourth-order valence-corrected chi connectivity index (χ4v) is 3.01. The van der Waals surface area contributed by atoms with Gasteiger partial charge in [-0.1, -0.05) is 45.9 Å². The number of hydrogen-bond donors (Lipinski definition) is 2. The zero-order valence-electron chi connectivity index (χ0n) is 13.8. The monoisotopic (exact) mass is 323 g/mol. The van der Waals surface area contributed by atoms with Crippen molar-refractivity contribution in [3.63, 3.8) is 0 Å². The van der Waals surface area contributed by atoms with Crippen molar-refractivity contribution < 1.29 is 14.7 Å². The number of thioether (sulfide) groups is 1. The van der Waals surface area contributed by atoms with Gasteiger partial charge in [0.15, 0.2) is 0 Å². The lowest BCUT2D eigenvalue weighted by Crippen LogP contribution is -2.49. The summed E-state index contributed by atoms with van der Waals surface area (Å²) in [4.78, 5) is 24.8. The van der Waals surface area contributed by atoms with Crippen LogP contribution in [0.15, 0.2) is 29.2 Å². The fourth-order valence-electron chi connectivity index (χ4n) is 1.89. The zero-order valence-corrected chi connectivity index (χ0v) is 14.7. The van der Waals surface area contributed by atoms with Crippen LogP contribution in [0.3, 0.4) is 0 Å². The van der Waals surface area contributed by atoms with Crippen LogP contribution in [0.5, 0.6) is 0 Å². The van der Waals surface area contributed by atoms with Crippen LogP contribution in [0.1, 0.15) is 33.3 Å². The molecule has 1 rings (SSSR count). The highest BCUT2D eigenvalue weighted by atomic mass is 32.2. The number of amides is 1. The summed E-state index contributed by atoms with van der Waals surface area (Å²) in [5.74, 6) is -0.782. The van der Waals surface area contributed by atoms with E-state index in [4.69, 9.17) is 0 Å². The Bertz CT molecular complexity index is 540. The van der Waals surface area contributed by atoms with Gasteiger partial charge in [0.2, 0.25) is 5.91 Å². The Morgan fingerprint density at radius 1 is 1.27 bits per heavy atom. The molecule has 1 atom stereocenters. The molecule has 0 aliphatic rings. The summed E-state index contributed by atoms with van der Waals surface area (Å²) in [7, 11) is 0.